The van der Waals surface area contributed by atoms with E-state index in [1.54, 1.807) is 4.52 Å². The van der Waals surface area contributed by atoms with Gasteiger partial charge in [-0.15, -0.1) is 5.10 Å². The van der Waals surface area contributed by atoms with E-state index in [1.165, 1.54) is 0 Å². The number of pyridine rings is 1. The van der Waals surface area contributed by atoms with E-state index in [9.17, 15) is 4.79 Å². The number of nitrogens with two attached hydrogens (primary N) is 1. The van der Waals surface area contributed by atoms with Gasteiger partial charge in [0.15, 0.2) is 5.65 Å². The number of nitrogens with zero attached hydrogens (tertiary/aromatic N) is 3. The maximum Gasteiger partial charge on any atom is 0.243 e. The number of fused-ring (bicyclic) bond motifs is 1. The fourth-order valence-electron chi connectivity index (χ4n) is 1.36. The van der Waals surface area contributed by atoms with Crippen LogP contribution < -0.4 is 11.1 Å². The molecule has 0 radical (unpaired) electrons. The summed E-state index contributed by atoms with van der Waals surface area (Å²) in [5.41, 5.74) is 5.67. The number of hydrogen-bond acceptors (Lipinski definition) is 5. The van der Waals surface area contributed by atoms with E-state index >= 15 is 0 Å². The maximum absolute atomic E-state index is 10.4. The van der Waals surface area contributed by atoms with Crippen LogP contribution in [0.5, 0.6) is 0 Å². The Labute approximate surface area is 111 Å². The molecular formula is C10H12BrN5O2. The lowest BCUT2D eigenvalue weighted by Crippen LogP contribution is -2.20. The molecule has 96 valence electrons. The number of nitrogens with one attached hydrogen (secondary N) is 1. The molecule has 8 heteroatoms. The van der Waals surface area contributed by atoms with Gasteiger partial charge < -0.3 is 15.8 Å². The normalized spacial score (nSPS) is 10.7. The molecule has 3 N–H and O–H groups in total. The van der Waals surface area contributed by atoms with Crippen molar-refractivity contribution >= 4 is 33.4 Å². The Balaban J connectivity index is 1.88. The highest BCUT2D eigenvalue weighted by molar-refractivity contribution is 9.10. The minimum atomic E-state index is -0.482. The van der Waals surface area contributed by atoms with Crippen LogP contribution in [0.2, 0.25) is 0 Å². The molecular weight excluding hydrogens is 302 g/mol. The number of amides is 1. The highest BCUT2D eigenvalue weighted by Gasteiger charge is 2.05. The van der Waals surface area contributed by atoms with Crippen molar-refractivity contribution in [3.8, 4) is 0 Å². The highest BCUT2D eigenvalue weighted by atomic mass is 79.9. The molecule has 0 saturated carbocycles. The van der Waals surface area contributed by atoms with Crippen molar-refractivity contribution in [2.24, 2.45) is 5.73 Å². The van der Waals surface area contributed by atoms with Gasteiger partial charge in [-0.2, -0.15) is 4.98 Å². The van der Waals surface area contributed by atoms with Gasteiger partial charge in [0.2, 0.25) is 11.9 Å². The van der Waals surface area contributed by atoms with Crippen molar-refractivity contribution in [2.75, 3.05) is 25.1 Å². The lowest BCUT2D eigenvalue weighted by atomic mass is 10.5. The highest BCUT2D eigenvalue weighted by Crippen LogP contribution is 2.16. The monoisotopic (exact) mass is 313 g/mol. The first kappa shape index (κ1) is 12.8. The first-order valence-electron chi connectivity index (χ1n) is 5.27. The zero-order chi connectivity index (χ0) is 13.0. The lowest BCUT2D eigenvalue weighted by molar-refractivity contribution is -0.122. The molecule has 2 heterocycles. The minimum Gasteiger partial charge on any atom is -0.370 e. The Morgan fingerprint density at radius 1 is 1.61 bits per heavy atom. The predicted octanol–water partition coefficient (Wildman–Crippen LogP) is 0.406. The van der Waals surface area contributed by atoms with Gasteiger partial charge in [0.05, 0.1) is 11.1 Å². The van der Waals surface area contributed by atoms with E-state index in [1.807, 2.05) is 18.3 Å². The van der Waals surface area contributed by atoms with Gasteiger partial charge in [-0.25, -0.2) is 4.52 Å². The van der Waals surface area contributed by atoms with Crippen molar-refractivity contribution in [1.29, 1.82) is 0 Å². The molecule has 0 aliphatic carbocycles. The van der Waals surface area contributed by atoms with Crippen LogP contribution in [0.15, 0.2) is 22.8 Å². The smallest absolute Gasteiger partial charge is 0.243 e. The molecule has 0 aliphatic rings. The van der Waals surface area contributed by atoms with Gasteiger partial charge in [-0.05, 0) is 28.1 Å². The number of halogens is 1. The third-order valence-corrected chi connectivity index (χ3v) is 2.71. The van der Waals surface area contributed by atoms with Crippen LogP contribution in [-0.4, -0.2) is 40.3 Å². The zero-order valence-corrected chi connectivity index (χ0v) is 11.1. The molecule has 0 fully saturated rings. The van der Waals surface area contributed by atoms with Crippen LogP contribution in [0.1, 0.15) is 0 Å². The van der Waals surface area contributed by atoms with Crippen molar-refractivity contribution < 1.29 is 9.53 Å². The summed E-state index contributed by atoms with van der Waals surface area (Å²) in [5.74, 6) is 0.0226. The molecule has 0 bridgehead atoms. The molecule has 0 unspecified atom stereocenters. The van der Waals surface area contributed by atoms with Crippen molar-refractivity contribution in [1.82, 2.24) is 14.6 Å². The summed E-state index contributed by atoms with van der Waals surface area (Å²) in [7, 11) is 0. The number of carbonyl (C=O) groups excluding carboxylic acids is 1. The summed E-state index contributed by atoms with van der Waals surface area (Å²) in [4.78, 5) is 14.7. The fraction of sp³-hybridized carbons (Fsp3) is 0.300. The van der Waals surface area contributed by atoms with Crippen LogP contribution >= 0.6 is 15.9 Å². The third kappa shape index (κ3) is 3.17. The standard InChI is InChI=1S/C10H12BrN5O2/c11-7-2-1-4-16-9(7)14-10(15-16)13-3-5-18-6-8(12)17/h1-2,4H,3,5-6H2,(H2,12,17)(H,13,15). The van der Waals surface area contributed by atoms with Crippen LogP contribution in [0.3, 0.4) is 0 Å². The summed E-state index contributed by atoms with van der Waals surface area (Å²) in [6.07, 6.45) is 1.81. The summed E-state index contributed by atoms with van der Waals surface area (Å²) < 4.78 is 7.54. The second-order valence-electron chi connectivity index (χ2n) is 3.51. The Morgan fingerprint density at radius 3 is 3.17 bits per heavy atom. The van der Waals surface area contributed by atoms with Gasteiger partial charge in [0.1, 0.15) is 6.61 Å². The number of primary amides is 1. The fourth-order valence-corrected chi connectivity index (χ4v) is 1.78. The first-order valence-corrected chi connectivity index (χ1v) is 6.07. The molecule has 18 heavy (non-hydrogen) atoms. The van der Waals surface area contributed by atoms with Crippen LogP contribution in [-0.2, 0) is 9.53 Å². The molecule has 1 amide bonds. The van der Waals surface area contributed by atoms with E-state index in [0.717, 1.165) is 10.1 Å². The molecule has 0 saturated heterocycles. The van der Waals surface area contributed by atoms with Gasteiger partial charge >= 0.3 is 0 Å². The zero-order valence-electron chi connectivity index (χ0n) is 9.47. The lowest BCUT2D eigenvalue weighted by Gasteiger charge is -2.01. The van der Waals surface area contributed by atoms with Crippen molar-refractivity contribution in [3.05, 3.63) is 22.8 Å². The third-order valence-electron chi connectivity index (χ3n) is 2.09. The SMILES string of the molecule is NC(=O)COCCNc1nc2c(Br)cccn2n1. The van der Waals surface area contributed by atoms with E-state index in [2.05, 4.69) is 31.3 Å². The Bertz CT molecular complexity index is 556. The number of carbonyl (C=O) groups is 1. The van der Waals surface area contributed by atoms with E-state index in [0.29, 0.717) is 19.1 Å². The molecule has 2 aromatic heterocycles. The van der Waals surface area contributed by atoms with Crippen LogP contribution in [0, 0.1) is 0 Å². The van der Waals surface area contributed by atoms with Gasteiger partial charge in [0.25, 0.3) is 0 Å². The minimum absolute atomic E-state index is 0.0776. The van der Waals surface area contributed by atoms with Crippen molar-refractivity contribution in [3.63, 3.8) is 0 Å². The second kappa shape index (κ2) is 5.78. The van der Waals surface area contributed by atoms with Crippen LogP contribution in [0.25, 0.3) is 5.65 Å². The van der Waals surface area contributed by atoms with E-state index in [-0.39, 0.29) is 6.61 Å². The number of rotatable bonds is 6. The van der Waals surface area contributed by atoms with E-state index in [4.69, 9.17) is 10.5 Å². The number of anilines is 1. The summed E-state index contributed by atoms with van der Waals surface area (Å²) in [5, 5.41) is 7.22. The first-order chi connectivity index (χ1) is 8.66. The average Bonchev–Trinajstić information content (AvgIpc) is 2.72. The molecule has 0 aliphatic heterocycles. The molecule has 0 aromatic carbocycles. The van der Waals surface area contributed by atoms with Gasteiger partial charge in [-0.3, -0.25) is 4.79 Å². The summed E-state index contributed by atoms with van der Waals surface area (Å²) in [6, 6.07) is 3.76. The molecule has 0 atom stereocenters. The molecule has 7 nitrogen and oxygen atoms in total. The molecule has 0 spiro atoms. The van der Waals surface area contributed by atoms with Crippen LogP contribution in [0.4, 0.5) is 5.95 Å². The Kier molecular flexibility index (Phi) is 4.11. The quantitative estimate of drug-likeness (QED) is 0.753. The topological polar surface area (TPSA) is 94.5 Å². The largest absolute Gasteiger partial charge is 0.370 e. The summed E-state index contributed by atoms with van der Waals surface area (Å²) >= 11 is 3.39. The van der Waals surface area contributed by atoms with Gasteiger partial charge in [0, 0.05) is 12.7 Å². The number of hydrogen-bond donors (Lipinski definition) is 2. The van der Waals surface area contributed by atoms with Crippen molar-refractivity contribution in [2.45, 2.75) is 0 Å². The number of ether oxygens (including phenoxy) is 1. The predicted molar refractivity (Wildman–Crippen MR) is 69.2 cm³/mol. The summed E-state index contributed by atoms with van der Waals surface area (Å²) in [6.45, 7) is 0.785. The molecule has 2 aromatic rings. The Hall–Kier alpha value is -1.67. The average molecular weight is 314 g/mol. The maximum atomic E-state index is 10.4. The molecule has 2 rings (SSSR count). The Morgan fingerprint density at radius 2 is 2.44 bits per heavy atom. The number of aromatic nitrogens is 3. The van der Waals surface area contributed by atoms with Gasteiger partial charge in [-0.1, -0.05) is 0 Å². The second-order valence-corrected chi connectivity index (χ2v) is 4.36. The van der Waals surface area contributed by atoms with E-state index < -0.39 is 5.91 Å².